The van der Waals surface area contributed by atoms with Gasteiger partial charge in [-0.2, -0.15) is 0 Å². The zero-order chi connectivity index (χ0) is 21.8. The predicted molar refractivity (Wildman–Crippen MR) is 112 cm³/mol. The molecular weight excluding hydrogens is 396 g/mol. The van der Waals surface area contributed by atoms with Crippen LogP contribution in [-0.2, 0) is 11.3 Å². The molecule has 0 spiro atoms. The van der Waals surface area contributed by atoms with E-state index in [1.54, 1.807) is 24.2 Å². The molecule has 1 aliphatic heterocycles. The minimum absolute atomic E-state index is 0.122. The van der Waals surface area contributed by atoms with Gasteiger partial charge in [0, 0.05) is 31.0 Å². The summed E-state index contributed by atoms with van der Waals surface area (Å²) in [7, 11) is 0. The van der Waals surface area contributed by atoms with Crippen molar-refractivity contribution >= 4 is 11.8 Å². The maximum atomic E-state index is 13.0. The van der Waals surface area contributed by atoms with E-state index in [0.717, 1.165) is 12.0 Å². The molecule has 1 saturated heterocycles. The van der Waals surface area contributed by atoms with Crippen LogP contribution in [-0.4, -0.2) is 50.1 Å². The van der Waals surface area contributed by atoms with E-state index in [2.05, 4.69) is 30.2 Å². The largest absolute Gasteiger partial charge is 0.350 e. The molecule has 0 saturated carbocycles. The standard InChI is InChI=1S/C22H24N6O3/c1-15-18(27-31-26-15)13-25-21(30)22(2)9-6-10-28(14-22)20(29)17-11-23-19(24-12-17)16-7-4-3-5-8-16/h3-5,7-8,11-12H,6,9-10,13-14H2,1-2H3,(H,25,30)/t22-/m1/s1. The van der Waals surface area contributed by atoms with Crippen LogP contribution in [0.4, 0.5) is 0 Å². The summed E-state index contributed by atoms with van der Waals surface area (Å²) < 4.78 is 4.67. The molecule has 3 aromatic rings. The average Bonchev–Trinajstić information content (AvgIpc) is 3.22. The molecule has 1 N–H and O–H groups in total. The van der Waals surface area contributed by atoms with Crippen molar-refractivity contribution < 1.29 is 14.2 Å². The van der Waals surface area contributed by atoms with Crippen LogP contribution in [0.1, 0.15) is 41.5 Å². The Morgan fingerprint density at radius 3 is 2.58 bits per heavy atom. The zero-order valence-electron chi connectivity index (χ0n) is 17.5. The van der Waals surface area contributed by atoms with Crippen LogP contribution in [0, 0.1) is 12.3 Å². The highest BCUT2D eigenvalue weighted by molar-refractivity contribution is 5.94. The molecule has 160 valence electrons. The van der Waals surface area contributed by atoms with Crippen LogP contribution in [0.25, 0.3) is 11.4 Å². The number of likely N-dealkylation sites (tertiary alicyclic amines) is 1. The molecule has 4 rings (SSSR count). The maximum Gasteiger partial charge on any atom is 0.257 e. The lowest BCUT2D eigenvalue weighted by Crippen LogP contribution is -2.51. The second-order valence-corrected chi connectivity index (χ2v) is 8.03. The number of aryl methyl sites for hydroxylation is 1. The number of piperidine rings is 1. The number of nitrogens with zero attached hydrogens (tertiary/aromatic N) is 5. The second kappa shape index (κ2) is 8.63. The van der Waals surface area contributed by atoms with Gasteiger partial charge in [-0.3, -0.25) is 9.59 Å². The van der Waals surface area contributed by atoms with Crippen LogP contribution in [0.5, 0.6) is 0 Å². The topological polar surface area (TPSA) is 114 Å². The Morgan fingerprint density at radius 1 is 1.16 bits per heavy atom. The van der Waals surface area contributed by atoms with Gasteiger partial charge in [0.05, 0.1) is 17.5 Å². The number of hydrogen-bond acceptors (Lipinski definition) is 7. The first kappa shape index (κ1) is 20.6. The molecule has 31 heavy (non-hydrogen) atoms. The lowest BCUT2D eigenvalue weighted by atomic mass is 9.80. The Hall–Kier alpha value is -3.62. The Labute approximate surface area is 179 Å². The van der Waals surface area contributed by atoms with E-state index in [4.69, 9.17) is 0 Å². The predicted octanol–water partition coefficient (Wildman–Crippen LogP) is 2.39. The second-order valence-electron chi connectivity index (χ2n) is 8.03. The Bertz CT molecular complexity index is 1070. The van der Waals surface area contributed by atoms with Gasteiger partial charge in [-0.15, -0.1) is 0 Å². The third kappa shape index (κ3) is 4.45. The van der Waals surface area contributed by atoms with Gasteiger partial charge < -0.3 is 10.2 Å². The normalized spacial score (nSPS) is 18.6. The first-order valence-corrected chi connectivity index (χ1v) is 10.2. The molecule has 1 aromatic carbocycles. The Kier molecular flexibility index (Phi) is 5.75. The third-order valence-electron chi connectivity index (χ3n) is 5.63. The van der Waals surface area contributed by atoms with Crippen molar-refractivity contribution in [3.05, 3.63) is 59.7 Å². The summed E-state index contributed by atoms with van der Waals surface area (Å²) in [6.07, 6.45) is 4.53. The van der Waals surface area contributed by atoms with Crippen molar-refractivity contribution in [1.82, 2.24) is 30.5 Å². The molecule has 9 nitrogen and oxygen atoms in total. The molecule has 1 atom stereocenters. The van der Waals surface area contributed by atoms with Crippen LogP contribution in [0.2, 0.25) is 0 Å². The molecule has 0 radical (unpaired) electrons. The van der Waals surface area contributed by atoms with E-state index in [1.165, 1.54) is 0 Å². The molecule has 3 heterocycles. The summed E-state index contributed by atoms with van der Waals surface area (Å²) in [5, 5.41) is 10.4. The molecular formula is C22H24N6O3. The van der Waals surface area contributed by atoms with Crippen molar-refractivity contribution in [3.63, 3.8) is 0 Å². The van der Waals surface area contributed by atoms with Crippen molar-refractivity contribution in [3.8, 4) is 11.4 Å². The first-order valence-electron chi connectivity index (χ1n) is 10.2. The van der Waals surface area contributed by atoms with Gasteiger partial charge in [-0.05, 0) is 26.7 Å². The molecule has 2 aromatic heterocycles. The highest BCUT2D eigenvalue weighted by Gasteiger charge is 2.39. The van der Waals surface area contributed by atoms with Crippen molar-refractivity contribution in [2.24, 2.45) is 5.41 Å². The summed E-state index contributed by atoms with van der Waals surface area (Å²) in [4.78, 5) is 36.3. The fourth-order valence-electron chi connectivity index (χ4n) is 3.74. The highest BCUT2D eigenvalue weighted by Crippen LogP contribution is 2.30. The number of nitrogens with one attached hydrogen (secondary N) is 1. The SMILES string of the molecule is Cc1nonc1CNC(=O)[C@]1(C)CCCN(C(=O)c2cnc(-c3ccccc3)nc2)C1. The highest BCUT2D eigenvalue weighted by atomic mass is 16.6. The number of amides is 2. The van der Waals surface area contributed by atoms with E-state index < -0.39 is 5.41 Å². The number of rotatable bonds is 5. The molecule has 2 amide bonds. The molecule has 0 unspecified atom stereocenters. The minimum atomic E-state index is -0.691. The lowest BCUT2D eigenvalue weighted by molar-refractivity contribution is -0.132. The molecule has 1 aliphatic rings. The number of benzene rings is 1. The van der Waals surface area contributed by atoms with Crippen molar-refractivity contribution in [1.29, 1.82) is 0 Å². The smallest absolute Gasteiger partial charge is 0.257 e. The molecule has 0 aliphatic carbocycles. The summed E-state index contributed by atoms with van der Waals surface area (Å²) >= 11 is 0. The molecule has 0 bridgehead atoms. The van der Waals surface area contributed by atoms with Crippen LogP contribution in [0.3, 0.4) is 0 Å². The van der Waals surface area contributed by atoms with Gasteiger partial charge in [-0.1, -0.05) is 40.6 Å². The van der Waals surface area contributed by atoms with E-state index >= 15 is 0 Å². The minimum Gasteiger partial charge on any atom is -0.350 e. The molecule has 9 heteroatoms. The summed E-state index contributed by atoms with van der Waals surface area (Å²) in [6, 6.07) is 9.59. The Morgan fingerprint density at radius 2 is 1.90 bits per heavy atom. The van der Waals surface area contributed by atoms with E-state index in [0.29, 0.717) is 42.3 Å². The molecule has 1 fully saturated rings. The number of carbonyl (C=O) groups is 2. The van der Waals surface area contributed by atoms with Gasteiger partial charge in [0.2, 0.25) is 5.91 Å². The fraction of sp³-hybridized carbons (Fsp3) is 0.364. The number of aromatic nitrogens is 4. The summed E-state index contributed by atoms with van der Waals surface area (Å²) in [5.74, 6) is 0.274. The fourth-order valence-corrected chi connectivity index (χ4v) is 3.74. The maximum absolute atomic E-state index is 13.0. The van der Waals surface area contributed by atoms with Gasteiger partial charge >= 0.3 is 0 Å². The summed E-state index contributed by atoms with van der Waals surface area (Å²) in [5.41, 5.74) is 1.85. The monoisotopic (exact) mass is 420 g/mol. The lowest BCUT2D eigenvalue weighted by Gasteiger charge is -2.39. The Balaban J connectivity index is 1.42. The van der Waals surface area contributed by atoms with E-state index in [9.17, 15) is 9.59 Å². The van der Waals surface area contributed by atoms with Crippen molar-refractivity contribution in [2.75, 3.05) is 13.1 Å². The number of carbonyl (C=O) groups excluding carboxylic acids is 2. The quantitative estimate of drug-likeness (QED) is 0.674. The van der Waals surface area contributed by atoms with Crippen molar-refractivity contribution in [2.45, 2.75) is 33.2 Å². The number of hydrogen-bond donors (Lipinski definition) is 1. The van der Waals surface area contributed by atoms with Crippen LogP contribution in [0.15, 0.2) is 47.4 Å². The van der Waals surface area contributed by atoms with Crippen LogP contribution >= 0.6 is 0 Å². The van der Waals surface area contributed by atoms with Gasteiger partial charge in [0.25, 0.3) is 5.91 Å². The van der Waals surface area contributed by atoms with Gasteiger partial charge in [0.15, 0.2) is 5.82 Å². The first-order chi connectivity index (χ1) is 15.0. The van der Waals surface area contributed by atoms with Crippen LogP contribution < -0.4 is 5.32 Å². The van der Waals surface area contributed by atoms with Gasteiger partial charge in [-0.25, -0.2) is 14.6 Å². The summed E-state index contributed by atoms with van der Waals surface area (Å²) in [6.45, 7) is 4.81. The van der Waals surface area contributed by atoms with E-state index in [1.807, 2.05) is 37.3 Å². The van der Waals surface area contributed by atoms with E-state index in [-0.39, 0.29) is 18.4 Å². The average molecular weight is 420 g/mol. The zero-order valence-corrected chi connectivity index (χ0v) is 17.5. The van der Waals surface area contributed by atoms with Gasteiger partial charge in [0.1, 0.15) is 11.4 Å². The third-order valence-corrected chi connectivity index (χ3v) is 5.63.